The highest BCUT2D eigenvalue weighted by Crippen LogP contribution is 2.22. The quantitative estimate of drug-likeness (QED) is 0.788. The number of rotatable bonds is 3. The highest BCUT2D eigenvalue weighted by Gasteiger charge is 2.11. The Hall–Kier alpha value is -2.19. The summed E-state index contributed by atoms with van der Waals surface area (Å²) in [6.45, 7) is 0.0354. The monoisotopic (exact) mass is 310 g/mol. The number of aromatic amines is 1. The normalized spacial score (nSPS) is 10.8. The molecule has 9 heteroatoms. The fraction of sp³-hybridized carbons (Fsp3) is 0.0909. The van der Waals surface area contributed by atoms with Gasteiger partial charge in [0.15, 0.2) is 0 Å². The summed E-state index contributed by atoms with van der Waals surface area (Å²) in [6, 6.07) is 3.72. The maximum Gasteiger partial charge on any atom is 0.328 e. The molecule has 0 atom stereocenters. The number of aromatic nitrogens is 4. The van der Waals surface area contributed by atoms with Crippen molar-refractivity contribution < 1.29 is 4.42 Å². The molecule has 0 aromatic carbocycles. The summed E-state index contributed by atoms with van der Waals surface area (Å²) in [4.78, 5) is 25.7. The first-order valence-electron chi connectivity index (χ1n) is 5.49. The van der Waals surface area contributed by atoms with Crippen LogP contribution in [-0.4, -0.2) is 19.7 Å². The van der Waals surface area contributed by atoms with Gasteiger partial charge in [-0.15, -0.1) is 21.5 Å². The third kappa shape index (κ3) is 2.43. The minimum atomic E-state index is -0.627. The number of H-pyrrole nitrogens is 1. The van der Waals surface area contributed by atoms with E-state index < -0.39 is 11.2 Å². The van der Waals surface area contributed by atoms with Crippen LogP contribution in [0.25, 0.3) is 10.8 Å². The van der Waals surface area contributed by atoms with Gasteiger partial charge < -0.3 is 4.42 Å². The number of nitrogens with zero attached hydrogens (tertiary/aromatic N) is 3. The van der Waals surface area contributed by atoms with Gasteiger partial charge in [-0.25, -0.2) is 4.79 Å². The van der Waals surface area contributed by atoms with E-state index in [4.69, 9.17) is 16.0 Å². The van der Waals surface area contributed by atoms with Crippen LogP contribution in [-0.2, 0) is 6.54 Å². The molecule has 0 spiro atoms. The summed E-state index contributed by atoms with van der Waals surface area (Å²) in [5.41, 5.74) is -1.21. The molecule has 0 radical (unpaired) electrons. The average molecular weight is 311 g/mol. The lowest BCUT2D eigenvalue weighted by Crippen LogP contribution is -2.30. The Bertz CT molecular complexity index is 849. The Kier molecular flexibility index (Phi) is 3.25. The van der Waals surface area contributed by atoms with Crippen LogP contribution in [0.1, 0.15) is 5.89 Å². The SMILES string of the molecule is O=c1[nH]c(=O)n(Cc2nnc(-c3cccs3)o2)cc1Cl. The molecule has 0 bridgehead atoms. The van der Waals surface area contributed by atoms with Crippen molar-refractivity contribution in [3.8, 4) is 10.8 Å². The van der Waals surface area contributed by atoms with Crippen molar-refractivity contribution in [3.63, 3.8) is 0 Å². The van der Waals surface area contributed by atoms with Crippen molar-refractivity contribution >= 4 is 22.9 Å². The maximum atomic E-state index is 11.6. The van der Waals surface area contributed by atoms with Crippen LogP contribution in [0.2, 0.25) is 5.02 Å². The highest BCUT2D eigenvalue weighted by molar-refractivity contribution is 7.13. The Morgan fingerprint density at radius 3 is 3.00 bits per heavy atom. The van der Waals surface area contributed by atoms with Crippen LogP contribution in [0.15, 0.2) is 37.7 Å². The van der Waals surface area contributed by atoms with Gasteiger partial charge >= 0.3 is 5.69 Å². The van der Waals surface area contributed by atoms with Crippen molar-refractivity contribution in [1.29, 1.82) is 0 Å². The molecule has 3 aromatic rings. The fourth-order valence-electron chi connectivity index (χ4n) is 1.56. The van der Waals surface area contributed by atoms with Gasteiger partial charge in [0.05, 0.1) is 4.88 Å². The molecule has 0 saturated carbocycles. The highest BCUT2D eigenvalue weighted by atomic mass is 35.5. The second-order valence-corrected chi connectivity index (χ2v) is 5.20. The molecular formula is C11H7ClN4O3S. The van der Waals surface area contributed by atoms with Crippen molar-refractivity contribution in [2.45, 2.75) is 6.54 Å². The van der Waals surface area contributed by atoms with Crippen LogP contribution < -0.4 is 11.2 Å². The number of nitrogens with one attached hydrogen (secondary N) is 1. The molecule has 0 aliphatic carbocycles. The first-order chi connectivity index (χ1) is 9.63. The van der Waals surface area contributed by atoms with Gasteiger partial charge in [-0.1, -0.05) is 17.7 Å². The summed E-state index contributed by atoms with van der Waals surface area (Å²) >= 11 is 7.14. The fourth-order valence-corrected chi connectivity index (χ4v) is 2.37. The predicted octanol–water partition coefficient (Wildman–Crippen LogP) is 1.35. The third-order valence-corrected chi connectivity index (χ3v) is 3.60. The van der Waals surface area contributed by atoms with Crippen molar-refractivity contribution in [2.24, 2.45) is 0 Å². The number of hydrogen-bond donors (Lipinski definition) is 1. The summed E-state index contributed by atoms with van der Waals surface area (Å²) in [6.07, 6.45) is 1.23. The Balaban J connectivity index is 1.91. The standard InChI is InChI=1S/C11H7ClN4O3S/c12-6-4-16(11(18)13-9(6)17)5-8-14-15-10(19-8)7-2-1-3-20-7/h1-4H,5H2,(H,13,17,18). The van der Waals surface area contributed by atoms with Gasteiger partial charge in [-0.3, -0.25) is 14.3 Å². The molecular weight excluding hydrogens is 304 g/mol. The topological polar surface area (TPSA) is 93.8 Å². The summed E-state index contributed by atoms with van der Waals surface area (Å²) in [7, 11) is 0. The summed E-state index contributed by atoms with van der Waals surface area (Å²) in [5.74, 6) is 0.636. The minimum absolute atomic E-state index is 0.0354. The van der Waals surface area contributed by atoms with Gasteiger partial charge in [0.1, 0.15) is 11.6 Å². The van der Waals surface area contributed by atoms with E-state index in [1.165, 1.54) is 22.1 Å². The molecule has 102 valence electrons. The van der Waals surface area contributed by atoms with Crippen LogP contribution in [0.3, 0.4) is 0 Å². The van der Waals surface area contributed by atoms with Gasteiger partial charge in [-0.05, 0) is 11.4 Å². The number of halogens is 1. The molecule has 3 aromatic heterocycles. The number of hydrogen-bond acceptors (Lipinski definition) is 6. The lowest BCUT2D eigenvalue weighted by atomic mass is 10.5. The molecule has 20 heavy (non-hydrogen) atoms. The van der Waals surface area contributed by atoms with E-state index in [2.05, 4.69) is 15.2 Å². The number of thiophene rings is 1. The van der Waals surface area contributed by atoms with Crippen molar-refractivity contribution in [2.75, 3.05) is 0 Å². The molecule has 3 heterocycles. The largest absolute Gasteiger partial charge is 0.418 e. The Morgan fingerprint density at radius 1 is 1.40 bits per heavy atom. The Morgan fingerprint density at radius 2 is 2.25 bits per heavy atom. The van der Waals surface area contributed by atoms with Gasteiger partial charge in [-0.2, -0.15) is 0 Å². The molecule has 0 fully saturated rings. The zero-order valence-corrected chi connectivity index (χ0v) is 11.4. The summed E-state index contributed by atoms with van der Waals surface area (Å²) < 4.78 is 6.64. The van der Waals surface area contributed by atoms with E-state index in [0.717, 1.165) is 4.88 Å². The molecule has 0 unspecified atom stereocenters. The zero-order valence-electron chi connectivity index (χ0n) is 9.87. The van der Waals surface area contributed by atoms with Crippen LogP contribution in [0.5, 0.6) is 0 Å². The van der Waals surface area contributed by atoms with Crippen LogP contribution in [0.4, 0.5) is 0 Å². The molecule has 7 nitrogen and oxygen atoms in total. The van der Waals surface area contributed by atoms with E-state index in [0.29, 0.717) is 5.89 Å². The first-order valence-corrected chi connectivity index (χ1v) is 6.75. The molecule has 0 aliphatic rings. The molecule has 0 saturated heterocycles. The van der Waals surface area contributed by atoms with E-state index in [9.17, 15) is 9.59 Å². The summed E-state index contributed by atoms with van der Waals surface area (Å²) in [5, 5.41) is 9.57. The van der Waals surface area contributed by atoms with E-state index in [-0.39, 0.29) is 17.5 Å². The smallest absolute Gasteiger partial charge is 0.328 e. The molecule has 0 aliphatic heterocycles. The van der Waals surface area contributed by atoms with E-state index >= 15 is 0 Å². The van der Waals surface area contributed by atoms with Crippen LogP contribution >= 0.6 is 22.9 Å². The minimum Gasteiger partial charge on any atom is -0.418 e. The lowest BCUT2D eigenvalue weighted by Gasteiger charge is -2.00. The van der Waals surface area contributed by atoms with E-state index in [1.807, 2.05) is 17.5 Å². The van der Waals surface area contributed by atoms with Gasteiger partial charge in [0.25, 0.3) is 11.4 Å². The molecule has 1 N–H and O–H groups in total. The molecule has 0 amide bonds. The molecule has 3 rings (SSSR count). The second-order valence-electron chi connectivity index (χ2n) is 3.84. The average Bonchev–Trinajstić information content (AvgIpc) is 3.06. The van der Waals surface area contributed by atoms with Gasteiger partial charge in [0.2, 0.25) is 5.89 Å². The van der Waals surface area contributed by atoms with Gasteiger partial charge in [0, 0.05) is 6.20 Å². The predicted molar refractivity (Wildman–Crippen MR) is 73.0 cm³/mol. The lowest BCUT2D eigenvalue weighted by molar-refractivity contribution is 0.482. The van der Waals surface area contributed by atoms with Crippen LogP contribution in [0, 0.1) is 0 Å². The second kappa shape index (κ2) is 5.06. The Labute approximate surface area is 120 Å². The van der Waals surface area contributed by atoms with Crippen molar-refractivity contribution in [3.05, 3.63) is 55.5 Å². The zero-order chi connectivity index (χ0) is 14.1. The van der Waals surface area contributed by atoms with E-state index in [1.54, 1.807) is 0 Å². The van der Waals surface area contributed by atoms with Crippen molar-refractivity contribution in [1.82, 2.24) is 19.7 Å². The first kappa shape index (κ1) is 12.8. The maximum absolute atomic E-state index is 11.6. The third-order valence-electron chi connectivity index (χ3n) is 2.47.